The molecule has 2 aromatic carbocycles. The van der Waals surface area contributed by atoms with Crippen LogP contribution in [0, 0.1) is 6.92 Å². The van der Waals surface area contributed by atoms with Crippen molar-refractivity contribution in [2.24, 2.45) is 0 Å². The molecule has 1 aliphatic heterocycles. The summed E-state index contributed by atoms with van der Waals surface area (Å²) in [5.74, 6) is 0.505. The van der Waals surface area contributed by atoms with E-state index in [4.69, 9.17) is 4.74 Å². The highest BCUT2D eigenvalue weighted by molar-refractivity contribution is 5.95. The maximum Gasteiger partial charge on any atom is 0.261 e. The van der Waals surface area contributed by atoms with Gasteiger partial charge in [-0.3, -0.25) is 9.59 Å². The van der Waals surface area contributed by atoms with Crippen LogP contribution in [0.2, 0.25) is 0 Å². The predicted octanol–water partition coefficient (Wildman–Crippen LogP) is 4.04. The molecule has 0 bridgehead atoms. The number of benzene rings is 2. The Hall–Kier alpha value is -3.80. The Kier molecular flexibility index (Phi) is 4.62. The molecule has 3 heterocycles. The molecule has 156 valence electrons. The van der Waals surface area contributed by atoms with E-state index in [1.807, 2.05) is 30.3 Å². The number of H-pyrrole nitrogens is 2. The van der Waals surface area contributed by atoms with Crippen molar-refractivity contribution < 1.29 is 9.53 Å². The van der Waals surface area contributed by atoms with Gasteiger partial charge in [-0.25, -0.2) is 0 Å². The monoisotopic (exact) mass is 413 g/mol. The van der Waals surface area contributed by atoms with Gasteiger partial charge in [0, 0.05) is 47.4 Å². The first-order chi connectivity index (χ1) is 15.0. The van der Waals surface area contributed by atoms with E-state index in [2.05, 4.69) is 29.0 Å². The van der Waals surface area contributed by atoms with Gasteiger partial charge in [-0.15, -0.1) is 0 Å². The molecule has 1 aliphatic rings. The van der Waals surface area contributed by atoms with Crippen LogP contribution in [0.1, 0.15) is 27.2 Å². The third kappa shape index (κ3) is 3.30. The summed E-state index contributed by atoms with van der Waals surface area (Å²) in [6.07, 6.45) is 0.747. The maximum atomic E-state index is 13.2. The van der Waals surface area contributed by atoms with Crippen LogP contribution in [-0.2, 0) is 13.0 Å². The Morgan fingerprint density at radius 1 is 1.03 bits per heavy atom. The summed E-state index contributed by atoms with van der Waals surface area (Å²) >= 11 is 0. The van der Waals surface area contributed by atoms with Crippen LogP contribution in [0.15, 0.2) is 59.4 Å². The highest BCUT2D eigenvalue weighted by Crippen LogP contribution is 2.30. The average molecular weight is 413 g/mol. The summed E-state index contributed by atoms with van der Waals surface area (Å²) in [6.45, 7) is 3.16. The summed E-state index contributed by atoms with van der Waals surface area (Å²) in [5, 5.41) is 1.15. The number of carbonyl (C=O) groups is 1. The molecule has 2 N–H and O–H groups in total. The van der Waals surface area contributed by atoms with E-state index in [-0.39, 0.29) is 17.0 Å². The van der Waals surface area contributed by atoms with Crippen molar-refractivity contribution in [3.63, 3.8) is 0 Å². The van der Waals surface area contributed by atoms with Crippen LogP contribution in [0.25, 0.3) is 22.2 Å². The average Bonchev–Trinajstić information content (AvgIpc) is 3.18. The minimum absolute atomic E-state index is 0.164. The van der Waals surface area contributed by atoms with Crippen molar-refractivity contribution in [1.29, 1.82) is 0 Å². The first kappa shape index (κ1) is 19.2. The number of fused-ring (bicyclic) bond motifs is 3. The van der Waals surface area contributed by atoms with Crippen LogP contribution in [-0.4, -0.2) is 34.4 Å². The van der Waals surface area contributed by atoms with Gasteiger partial charge in [-0.1, -0.05) is 18.2 Å². The molecule has 5 rings (SSSR count). The fourth-order valence-corrected chi connectivity index (χ4v) is 4.31. The second kappa shape index (κ2) is 7.47. The molecule has 0 spiro atoms. The number of nitrogens with zero attached hydrogens (tertiary/aromatic N) is 1. The molecule has 0 atom stereocenters. The van der Waals surface area contributed by atoms with Gasteiger partial charge in [0.05, 0.1) is 7.11 Å². The zero-order valence-electron chi connectivity index (χ0n) is 17.5. The number of amides is 1. The minimum atomic E-state index is -0.376. The number of hydrogen-bond acceptors (Lipinski definition) is 3. The quantitative estimate of drug-likeness (QED) is 0.532. The number of aryl methyl sites for hydroxylation is 1. The first-order valence-electron chi connectivity index (χ1n) is 10.3. The van der Waals surface area contributed by atoms with Crippen molar-refractivity contribution in [1.82, 2.24) is 14.9 Å². The second-order valence-electron chi connectivity index (χ2n) is 7.90. The Morgan fingerprint density at radius 3 is 2.58 bits per heavy atom. The van der Waals surface area contributed by atoms with Crippen molar-refractivity contribution >= 4 is 16.8 Å². The van der Waals surface area contributed by atoms with Crippen molar-refractivity contribution in [2.75, 3.05) is 13.7 Å². The lowest BCUT2D eigenvalue weighted by Crippen LogP contribution is -2.38. The van der Waals surface area contributed by atoms with Gasteiger partial charge in [-0.05, 0) is 54.4 Å². The fraction of sp³-hybridized carbons (Fsp3) is 0.200. The molecule has 0 unspecified atom stereocenters. The van der Waals surface area contributed by atoms with Crippen LogP contribution in [0.4, 0.5) is 0 Å². The number of aromatic amines is 2. The number of aromatic nitrogens is 2. The molecule has 4 aromatic rings. The molecule has 1 amide bonds. The largest absolute Gasteiger partial charge is 0.497 e. The first-order valence-corrected chi connectivity index (χ1v) is 10.3. The lowest BCUT2D eigenvalue weighted by Gasteiger charge is -2.27. The summed E-state index contributed by atoms with van der Waals surface area (Å²) in [7, 11) is 1.61. The van der Waals surface area contributed by atoms with E-state index in [9.17, 15) is 9.59 Å². The Bertz CT molecular complexity index is 1350. The molecule has 0 aliphatic carbocycles. The van der Waals surface area contributed by atoms with E-state index in [1.54, 1.807) is 24.1 Å². The van der Waals surface area contributed by atoms with Gasteiger partial charge in [-0.2, -0.15) is 0 Å². The molecule has 6 heteroatoms. The number of carbonyl (C=O) groups excluding carboxylic acids is 1. The molecule has 0 saturated heterocycles. The molecule has 2 aromatic heterocycles. The van der Waals surface area contributed by atoms with Crippen LogP contribution in [0.5, 0.6) is 5.75 Å². The van der Waals surface area contributed by atoms with Crippen LogP contribution < -0.4 is 10.3 Å². The molecule has 0 radical (unpaired) electrons. The Morgan fingerprint density at radius 2 is 1.84 bits per heavy atom. The third-order valence-electron chi connectivity index (χ3n) is 6.05. The fourth-order valence-electron chi connectivity index (χ4n) is 4.31. The smallest absolute Gasteiger partial charge is 0.261 e. The van der Waals surface area contributed by atoms with E-state index >= 15 is 0 Å². The lowest BCUT2D eigenvalue weighted by molar-refractivity contribution is 0.0733. The van der Waals surface area contributed by atoms with Crippen LogP contribution >= 0.6 is 0 Å². The summed E-state index contributed by atoms with van der Waals surface area (Å²) in [5.41, 5.74) is 5.95. The lowest BCUT2D eigenvalue weighted by atomic mass is 10.0. The molecule has 0 fully saturated rings. The molecule has 6 nitrogen and oxygen atoms in total. The summed E-state index contributed by atoms with van der Waals surface area (Å²) in [6, 6.07) is 17.0. The highest BCUT2D eigenvalue weighted by atomic mass is 16.5. The van der Waals surface area contributed by atoms with E-state index in [0.717, 1.165) is 34.2 Å². The van der Waals surface area contributed by atoms with Gasteiger partial charge in [0.2, 0.25) is 0 Å². The second-order valence-corrected chi connectivity index (χ2v) is 7.90. The SMILES string of the molecule is COc1ccc(-c2ccc(C(=O)N3CCc4[nH]c5c(C)cccc5c4C3)c(=O)[nH]2)cc1. The standard InChI is InChI=1S/C25H23N3O3/c1-15-4-3-5-18-20-14-28(13-12-22(20)26-23(15)18)25(30)19-10-11-21(27-24(19)29)16-6-8-17(31-2)9-7-16/h3-11,26H,12-14H2,1-2H3,(H,27,29). The number of nitrogens with one attached hydrogen (secondary N) is 2. The minimum Gasteiger partial charge on any atom is -0.497 e. The van der Waals surface area contributed by atoms with Gasteiger partial charge < -0.3 is 19.6 Å². The Labute approximate surface area is 179 Å². The number of pyridine rings is 1. The number of hydrogen-bond donors (Lipinski definition) is 2. The molecule has 31 heavy (non-hydrogen) atoms. The number of rotatable bonds is 3. The zero-order chi connectivity index (χ0) is 21.5. The zero-order valence-corrected chi connectivity index (χ0v) is 17.5. The van der Waals surface area contributed by atoms with Crippen molar-refractivity contribution in [2.45, 2.75) is 19.9 Å². The predicted molar refractivity (Wildman–Crippen MR) is 121 cm³/mol. The number of para-hydroxylation sites is 1. The van der Waals surface area contributed by atoms with E-state index in [0.29, 0.717) is 18.8 Å². The maximum absolute atomic E-state index is 13.2. The topological polar surface area (TPSA) is 78.2 Å². The van der Waals surface area contributed by atoms with Crippen LogP contribution in [0.3, 0.4) is 0 Å². The van der Waals surface area contributed by atoms with Gasteiger partial charge in [0.15, 0.2) is 0 Å². The van der Waals surface area contributed by atoms with Gasteiger partial charge >= 0.3 is 0 Å². The van der Waals surface area contributed by atoms with E-state index < -0.39 is 0 Å². The summed E-state index contributed by atoms with van der Waals surface area (Å²) in [4.78, 5) is 34.0. The molecule has 0 saturated carbocycles. The van der Waals surface area contributed by atoms with Gasteiger partial charge in [0.25, 0.3) is 11.5 Å². The highest BCUT2D eigenvalue weighted by Gasteiger charge is 2.26. The van der Waals surface area contributed by atoms with Crippen molar-refractivity contribution in [3.8, 4) is 17.0 Å². The third-order valence-corrected chi connectivity index (χ3v) is 6.05. The number of methoxy groups -OCH3 is 1. The Balaban J connectivity index is 1.42. The van der Waals surface area contributed by atoms with E-state index in [1.165, 1.54) is 11.3 Å². The molecular weight excluding hydrogens is 390 g/mol. The van der Waals surface area contributed by atoms with Gasteiger partial charge in [0.1, 0.15) is 11.3 Å². The summed E-state index contributed by atoms with van der Waals surface area (Å²) < 4.78 is 5.17. The molecular formula is C25H23N3O3. The van der Waals surface area contributed by atoms with Crippen molar-refractivity contribution in [3.05, 3.63) is 87.3 Å². The normalized spacial score (nSPS) is 13.3. The number of ether oxygens (including phenoxy) is 1.